The highest BCUT2D eigenvalue weighted by atomic mass is 16.4. The fourth-order valence-electron chi connectivity index (χ4n) is 4.58. The third kappa shape index (κ3) is 3.50. The molecule has 0 radical (unpaired) electrons. The van der Waals surface area contributed by atoms with E-state index in [1.54, 1.807) is 6.07 Å². The fourth-order valence-corrected chi connectivity index (χ4v) is 4.58. The first-order valence-corrected chi connectivity index (χ1v) is 10.4. The van der Waals surface area contributed by atoms with Gasteiger partial charge in [0.15, 0.2) is 0 Å². The molecule has 5 heteroatoms. The van der Waals surface area contributed by atoms with Crippen LogP contribution in [0.2, 0.25) is 0 Å². The molecule has 1 aliphatic heterocycles. The fraction of sp³-hybridized carbons (Fsp3) is 0.320. The van der Waals surface area contributed by atoms with Gasteiger partial charge in [0.2, 0.25) is 0 Å². The number of piperidine rings is 1. The Kier molecular flexibility index (Phi) is 5.39. The molecule has 0 bridgehead atoms. The Morgan fingerprint density at radius 1 is 1.13 bits per heavy atom. The lowest BCUT2D eigenvalue weighted by Crippen LogP contribution is -2.41. The molecule has 3 heterocycles. The van der Waals surface area contributed by atoms with Gasteiger partial charge in [-0.25, -0.2) is 4.79 Å². The Balaban J connectivity index is 1.81. The van der Waals surface area contributed by atoms with E-state index in [4.69, 9.17) is 0 Å². The predicted octanol–water partition coefficient (Wildman–Crippen LogP) is 4.61. The summed E-state index contributed by atoms with van der Waals surface area (Å²) in [6, 6.07) is 14.5. The Labute approximate surface area is 177 Å². The smallest absolute Gasteiger partial charge is 0.336 e. The van der Waals surface area contributed by atoms with Gasteiger partial charge in [-0.1, -0.05) is 36.9 Å². The van der Waals surface area contributed by atoms with Crippen LogP contribution < -0.4 is 0 Å². The highest BCUT2D eigenvalue weighted by molar-refractivity contribution is 5.95. The molecule has 0 spiro atoms. The van der Waals surface area contributed by atoms with Gasteiger partial charge in [-0.15, -0.1) is 0 Å². The molecule has 0 atom stereocenters. The van der Waals surface area contributed by atoms with Crippen molar-refractivity contribution in [3.63, 3.8) is 0 Å². The van der Waals surface area contributed by atoms with E-state index in [0.29, 0.717) is 11.6 Å². The van der Waals surface area contributed by atoms with Gasteiger partial charge in [-0.3, -0.25) is 0 Å². The number of fused-ring (bicyclic) bond motifs is 1. The molecule has 1 aromatic carbocycles. The van der Waals surface area contributed by atoms with Gasteiger partial charge in [-0.05, 0) is 57.1 Å². The van der Waals surface area contributed by atoms with Crippen LogP contribution in [0.25, 0.3) is 22.3 Å². The second-order valence-electron chi connectivity index (χ2n) is 8.32. The minimum Gasteiger partial charge on any atom is -0.478 e. The summed E-state index contributed by atoms with van der Waals surface area (Å²) in [7, 11) is 4.26. The van der Waals surface area contributed by atoms with E-state index >= 15 is 0 Å². The molecule has 0 saturated carbocycles. The van der Waals surface area contributed by atoms with Crippen molar-refractivity contribution in [2.45, 2.75) is 25.8 Å². The number of pyridine rings is 1. The lowest BCUT2D eigenvalue weighted by Gasteiger charge is -2.38. The van der Waals surface area contributed by atoms with Crippen LogP contribution >= 0.6 is 0 Å². The van der Waals surface area contributed by atoms with Crippen LogP contribution in [0.3, 0.4) is 0 Å². The van der Waals surface area contributed by atoms with E-state index in [9.17, 15) is 9.90 Å². The van der Waals surface area contributed by atoms with E-state index in [-0.39, 0.29) is 0 Å². The summed E-state index contributed by atoms with van der Waals surface area (Å²) in [5, 5.41) is 9.88. The summed E-state index contributed by atoms with van der Waals surface area (Å²) in [4.78, 5) is 16.6. The van der Waals surface area contributed by atoms with Gasteiger partial charge in [-0.2, -0.15) is 0 Å². The molecule has 1 fully saturated rings. The monoisotopic (exact) mass is 403 g/mol. The van der Waals surface area contributed by atoms with E-state index in [2.05, 4.69) is 53.1 Å². The Bertz CT molecular complexity index is 1090. The SMILES string of the molecule is C=C(c1c(C)c(C(=O)O)cc2c(-c3ccccc3)ccn12)N1CCC(N(C)C)CC1. The number of benzene rings is 1. The average Bonchev–Trinajstić information content (AvgIpc) is 3.17. The maximum atomic E-state index is 12.0. The van der Waals surface area contributed by atoms with Gasteiger partial charge in [0.05, 0.1) is 22.5 Å². The zero-order chi connectivity index (χ0) is 21.4. The summed E-state index contributed by atoms with van der Waals surface area (Å²) in [6.45, 7) is 8.14. The first kappa shape index (κ1) is 20.2. The van der Waals surface area contributed by atoms with Gasteiger partial charge in [0, 0.05) is 30.9 Å². The molecule has 4 rings (SSSR count). The summed E-state index contributed by atoms with van der Waals surface area (Å²) < 4.78 is 2.10. The number of aromatic nitrogens is 1. The number of carbonyl (C=O) groups is 1. The number of carboxylic acid groups (broad SMARTS) is 1. The first-order valence-electron chi connectivity index (χ1n) is 10.4. The second kappa shape index (κ2) is 8.00. The van der Waals surface area contributed by atoms with E-state index in [1.165, 1.54) is 0 Å². The largest absolute Gasteiger partial charge is 0.478 e. The Morgan fingerprint density at radius 3 is 2.40 bits per heavy atom. The minimum absolute atomic E-state index is 0.331. The molecule has 2 aromatic heterocycles. The number of likely N-dealkylation sites (tertiary alicyclic amines) is 1. The lowest BCUT2D eigenvalue weighted by molar-refractivity contribution is 0.0696. The van der Waals surface area contributed by atoms with Crippen molar-refractivity contribution in [3.05, 3.63) is 72.1 Å². The van der Waals surface area contributed by atoms with Crippen LogP contribution in [0, 0.1) is 6.92 Å². The van der Waals surface area contributed by atoms with E-state index in [1.807, 2.05) is 31.3 Å². The number of aromatic carboxylic acids is 1. The quantitative estimate of drug-likeness (QED) is 0.676. The molecular formula is C25H29N3O2. The van der Waals surface area contributed by atoms with Crippen molar-refractivity contribution in [3.8, 4) is 11.1 Å². The van der Waals surface area contributed by atoms with Crippen LogP contribution in [0.1, 0.15) is 34.5 Å². The van der Waals surface area contributed by atoms with E-state index in [0.717, 1.165) is 59.5 Å². The second-order valence-corrected chi connectivity index (χ2v) is 8.32. The number of hydrogen-bond donors (Lipinski definition) is 1. The highest BCUT2D eigenvalue weighted by Gasteiger charge is 2.25. The molecule has 30 heavy (non-hydrogen) atoms. The van der Waals surface area contributed by atoms with Gasteiger partial charge in [0.25, 0.3) is 0 Å². The van der Waals surface area contributed by atoms with E-state index < -0.39 is 5.97 Å². The number of carboxylic acids is 1. The van der Waals surface area contributed by atoms with Gasteiger partial charge in [0.1, 0.15) is 0 Å². The summed E-state index contributed by atoms with van der Waals surface area (Å²) in [6.07, 6.45) is 4.19. The number of nitrogens with zero attached hydrogens (tertiary/aromatic N) is 3. The zero-order valence-electron chi connectivity index (χ0n) is 17.9. The van der Waals surface area contributed by atoms with Crippen molar-refractivity contribution in [1.82, 2.24) is 14.2 Å². The molecule has 1 saturated heterocycles. The van der Waals surface area contributed by atoms with Crippen molar-refractivity contribution in [2.24, 2.45) is 0 Å². The average molecular weight is 404 g/mol. The zero-order valence-corrected chi connectivity index (χ0v) is 17.9. The van der Waals surface area contributed by atoms with Crippen molar-refractivity contribution >= 4 is 17.2 Å². The lowest BCUT2D eigenvalue weighted by atomic mass is 9.99. The van der Waals surface area contributed by atoms with Crippen molar-refractivity contribution < 1.29 is 9.90 Å². The molecule has 0 aliphatic carbocycles. The van der Waals surface area contributed by atoms with Crippen LogP contribution in [-0.2, 0) is 0 Å². The third-order valence-corrected chi connectivity index (χ3v) is 6.37. The summed E-state index contributed by atoms with van der Waals surface area (Å²) in [5.74, 6) is -0.907. The maximum absolute atomic E-state index is 12.0. The van der Waals surface area contributed by atoms with Gasteiger partial charge < -0.3 is 19.3 Å². The van der Waals surface area contributed by atoms with Gasteiger partial charge >= 0.3 is 5.97 Å². The van der Waals surface area contributed by atoms with Crippen LogP contribution in [0.15, 0.2) is 55.2 Å². The normalized spacial score (nSPS) is 15.1. The number of hydrogen-bond acceptors (Lipinski definition) is 3. The highest BCUT2D eigenvalue weighted by Crippen LogP contribution is 2.33. The molecule has 0 amide bonds. The third-order valence-electron chi connectivity index (χ3n) is 6.37. The van der Waals surface area contributed by atoms with Crippen LogP contribution in [-0.4, -0.2) is 58.5 Å². The summed E-state index contributed by atoms with van der Waals surface area (Å²) >= 11 is 0. The molecule has 156 valence electrons. The maximum Gasteiger partial charge on any atom is 0.336 e. The summed E-state index contributed by atoms with van der Waals surface area (Å²) in [5.41, 5.74) is 5.86. The molecule has 1 N–H and O–H groups in total. The first-order chi connectivity index (χ1) is 14.4. The minimum atomic E-state index is -0.907. The Morgan fingerprint density at radius 2 is 1.80 bits per heavy atom. The topological polar surface area (TPSA) is 48.2 Å². The molecule has 3 aromatic rings. The molecular weight excluding hydrogens is 374 g/mol. The van der Waals surface area contributed by atoms with Crippen LogP contribution in [0.5, 0.6) is 0 Å². The number of rotatable bonds is 5. The molecule has 1 aliphatic rings. The van der Waals surface area contributed by atoms with Crippen molar-refractivity contribution in [2.75, 3.05) is 27.2 Å². The molecule has 0 unspecified atom stereocenters. The Hall–Kier alpha value is -3.05. The van der Waals surface area contributed by atoms with Crippen LogP contribution in [0.4, 0.5) is 0 Å². The predicted molar refractivity (Wildman–Crippen MR) is 122 cm³/mol. The van der Waals surface area contributed by atoms with Crippen molar-refractivity contribution in [1.29, 1.82) is 0 Å². The molecule has 5 nitrogen and oxygen atoms in total. The standard InChI is InChI=1S/C25H29N3O2/c1-17-22(25(29)30)16-23-21(19-8-6-5-7-9-19)12-15-28(23)24(17)18(2)27-13-10-20(11-14-27)26(3)4/h5-9,12,15-16,20H,2,10-11,13-14H2,1,3-4H3,(H,29,30).